The lowest BCUT2D eigenvalue weighted by molar-refractivity contribution is -0.130. The fourth-order valence-corrected chi connectivity index (χ4v) is 4.07. The molecule has 1 amide bonds. The molecule has 0 saturated carbocycles. The first kappa shape index (κ1) is 20.4. The van der Waals surface area contributed by atoms with E-state index in [1.54, 1.807) is 24.0 Å². The van der Waals surface area contributed by atoms with Gasteiger partial charge in [0.05, 0.1) is 23.2 Å². The molecular weight excluding hydrogens is 410 g/mol. The summed E-state index contributed by atoms with van der Waals surface area (Å²) in [6.07, 6.45) is 1.20. The van der Waals surface area contributed by atoms with Crippen LogP contribution in [0.25, 0.3) is 11.0 Å². The van der Waals surface area contributed by atoms with Crippen LogP contribution in [0, 0.1) is 6.92 Å². The van der Waals surface area contributed by atoms with Crippen LogP contribution in [0.3, 0.4) is 0 Å². The number of rotatable bonds is 4. The molecule has 158 valence electrons. The number of hydrogen-bond acceptors (Lipinski definition) is 5. The highest BCUT2D eigenvalue weighted by Crippen LogP contribution is 2.23. The zero-order chi connectivity index (χ0) is 21.6. The van der Waals surface area contributed by atoms with Gasteiger partial charge in [-0.1, -0.05) is 11.6 Å². The first-order valence-corrected chi connectivity index (χ1v) is 10.0. The molecular formula is C20H22ClN5O4. The van der Waals surface area contributed by atoms with E-state index in [0.717, 1.165) is 16.9 Å². The van der Waals surface area contributed by atoms with Crippen molar-refractivity contribution in [2.24, 2.45) is 7.05 Å². The topological polar surface area (TPSA) is 113 Å². The third-order valence-electron chi connectivity index (χ3n) is 5.61. The van der Waals surface area contributed by atoms with Gasteiger partial charge >= 0.3 is 5.69 Å². The highest BCUT2D eigenvalue weighted by Gasteiger charge is 2.35. The number of nitrogens with one attached hydrogen (secondary N) is 1. The van der Waals surface area contributed by atoms with E-state index in [4.69, 9.17) is 11.6 Å². The summed E-state index contributed by atoms with van der Waals surface area (Å²) >= 11 is 6.02. The van der Waals surface area contributed by atoms with Gasteiger partial charge in [0.1, 0.15) is 5.82 Å². The number of aromatic nitrogens is 4. The Labute approximate surface area is 176 Å². The summed E-state index contributed by atoms with van der Waals surface area (Å²) in [5, 5.41) is 11.0. The summed E-state index contributed by atoms with van der Waals surface area (Å²) in [6.45, 7) is 1.92. The van der Waals surface area contributed by atoms with Gasteiger partial charge in [0, 0.05) is 49.8 Å². The molecule has 2 N–H and O–H groups in total. The molecule has 1 saturated heterocycles. The molecule has 1 aliphatic rings. The van der Waals surface area contributed by atoms with Gasteiger partial charge < -0.3 is 14.6 Å². The summed E-state index contributed by atoms with van der Waals surface area (Å²) in [4.78, 5) is 44.8. The molecule has 1 fully saturated rings. The first-order valence-electron chi connectivity index (χ1n) is 9.63. The second kappa shape index (κ2) is 7.73. The lowest BCUT2D eigenvalue weighted by Crippen LogP contribution is -2.37. The van der Waals surface area contributed by atoms with Gasteiger partial charge in [-0.15, -0.1) is 0 Å². The van der Waals surface area contributed by atoms with Crippen molar-refractivity contribution in [1.82, 2.24) is 24.0 Å². The Morgan fingerprint density at radius 1 is 1.33 bits per heavy atom. The standard InChI is InChI=1S/C20H22ClN5O4/c1-11-8-26(20(30)23-19(11)29)15-9-25(10-16(15)27)18(28)6-5-17-22-13-7-12(21)3-4-14(13)24(17)2/h3-4,7-8,15-16,27H,5-6,9-10H2,1-2H3,(H,23,29,30)/t15-,16-/m1/s1. The number of aliphatic hydroxyl groups excluding tert-OH is 1. The number of likely N-dealkylation sites (tertiary alicyclic amines) is 1. The fraction of sp³-hybridized carbons (Fsp3) is 0.400. The van der Waals surface area contributed by atoms with E-state index in [2.05, 4.69) is 9.97 Å². The van der Waals surface area contributed by atoms with E-state index in [-0.39, 0.29) is 25.4 Å². The minimum Gasteiger partial charge on any atom is -0.389 e. The van der Waals surface area contributed by atoms with Gasteiger partial charge in [0.15, 0.2) is 0 Å². The number of β-amino-alcohol motifs (C(OH)–C–C–N with tert-alkyl or cyclic N) is 1. The Kier molecular flexibility index (Phi) is 5.25. The number of aryl methyl sites for hydroxylation is 3. The van der Waals surface area contributed by atoms with Gasteiger partial charge in [-0.05, 0) is 25.1 Å². The molecule has 0 aliphatic carbocycles. The smallest absolute Gasteiger partial charge is 0.328 e. The quantitative estimate of drug-likeness (QED) is 0.633. The average molecular weight is 432 g/mol. The maximum atomic E-state index is 12.7. The maximum absolute atomic E-state index is 12.7. The van der Waals surface area contributed by atoms with Crippen molar-refractivity contribution in [2.75, 3.05) is 13.1 Å². The predicted molar refractivity (Wildman–Crippen MR) is 112 cm³/mol. The van der Waals surface area contributed by atoms with Crippen LogP contribution < -0.4 is 11.2 Å². The molecule has 0 radical (unpaired) electrons. The summed E-state index contributed by atoms with van der Waals surface area (Å²) in [7, 11) is 1.89. The number of aromatic amines is 1. The van der Waals surface area contributed by atoms with Gasteiger partial charge in [0.2, 0.25) is 5.91 Å². The van der Waals surface area contributed by atoms with Gasteiger partial charge in [-0.2, -0.15) is 0 Å². The number of imidazole rings is 1. The minimum absolute atomic E-state index is 0.129. The number of carbonyl (C=O) groups is 1. The summed E-state index contributed by atoms with van der Waals surface area (Å²) in [6, 6.07) is 4.87. The predicted octanol–water partition coefficient (Wildman–Crippen LogP) is 0.762. The molecule has 0 spiro atoms. The highest BCUT2D eigenvalue weighted by molar-refractivity contribution is 6.31. The average Bonchev–Trinajstić information content (AvgIpc) is 3.22. The monoisotopic (exact) mass is 431 g/mol. The largest absolute Gasteiger partial charge is 0.389 e. The number of aliphatic hydroxyl groups is 1. The van der Waals surface area contributed by atoms with E-state index in [1.165, 1.54) is 10.8 Å². The number of carbonyl (C=O) groups excluding carboxylic acids is 1. The Morgan fingerprint density at radius 3 is 2.87 bits per heavy atom. The molecule has 2 atom stereocenters. The third kappa shape index (κ3) is 3.66. The van der Waals surface area contributed by atoms with Crippen LogP contribution in [-0.4, -0.2) is 54.2 Å². The van der Waals surface area contributed by atoms with E-state index in [9.17, 15) is 19.5 Å². The van der Waals surface area contributed by atoms with Gasteiger partial charge in [-0.3, -0.25) is 19.1 Å². The number of nitrogens with zero attached hydrogens (tertiary/aromatic N) is 4. The number of halogens is 1. The van der Waals surface area contributed by atoms with Crippen molar-refractivity contribution in [1.29, 1.82) is 0 Å². The lowest BCUT2D eigenvalue weighted by atomic mass is 10.2. The van der Waals surface area contributed by atoms with Crippen molar-refractivity contribution >= 4 is 28.5 Å². The van der Waals surface area contributed by atoms with Crippen LogP contribution in [0.2, 0.25) is 5.02 Å². The molecule has 9 nitrogen and oxygen atoms in total. The molecule has 0 unspecified atom stereocenters. The van der Waals surface area contributed by atoms with Crippen LogP contribution in [0.4, 0.5) is 0 Å². The third-order valence-corrected chi connectivity index (χ3v) is 5.85. The molecule has 0 bridgehead atoms. The number of hydrogen-bond donors (Lipinski definition) is 2. The normalized spacial score (nSPS) is 19.0. The lowest BCUT2D eigenvalue weighted by Gasteiger charge is -2.17. The zero-order valence-corrected chi connectivity index (χ0v) is 17.4. The van der Waals surface area contributed by atoms with E-state index >= 15 is 0 Å². The van der Waals surface area contributed by atoms with E-state index in [0.29, 0.717) is 17.0 Å². The number of H-pyrrole nitrogens is 1. The van der Waals surface area contributed by atoms with Crippen LogP contribution >= 0.6 is 11.6 Å². The van der Waals surface area contributed by atoms with Crippen LogP contribution in [0.15, 0.2) is 34.0 Å². The fourth-order valence-electron chi connectivity index (χ4n) is 3.90. The molecule has 3 aromatic rings. The Hall–Kier alpha value is -2.91. The second-order valence-corrected chi connectivity index (χ2v) is 8.07. The first-order chi connectivity index (χ1) is 14.2. The zero-order valence-electron chi connectivity index (χ0n) is 16.6. The Morgan fingerprint density at radius 2 is 2.10 bits per heavy atom. The summed E-state index contributed by atoms with van der Waals surface area (Å²) < 4.78 is 3.23. The van der Waals surface area contributed by atoms with Crippen molar-refractivity contribution in [3.8, 4) is 0 Å². The molecule has 3 heterocycles. The second-order valence-electron chi connectivity index (χ2n) is 7.63. The molecule has 2 aromatic heterocycles. The summed E-state index contributed by atoms with van der Waals surface area (Å²) in [5.74, 6) is 0.639. The number of fused-ring (bicyclic) bond motifs is 1. The maximum Gasteiger partial charge on any atom is 0.328 e. The van der Waals surface area contributed by atoms with Crippen LogP contribution in [0.1, 0.15) is 23.9 Å². The molecule has 4 rings (SSSR count). The molecule has 30 heavy (non-hydrogen) atoms. The highest BCUT2D eigenvalue weighted by atomic mass is 35.5. The molecule has 10 heteroatoms. The van der Waals surface area contributed by atoms with Crippen molar-refractivity contribution < 1.29 is 9.90 Å². The van der Waals surface area contributed by atoms with Crippen LogP contribution in [-0.2, 0) is 18.3 Å². The van der Waals surface area contributed by atoms with Gasteiger partial charge in [-0.25, -0.2) is 9.78 Å². The number of benzene rings is 1. The Balaban J connectivity index is 1.46. The SMILES string of the molecule is Cc1cn([C@@H]2CN(C(=O)CCc3nc4cc(Cl)ccc4n3C)C[C@H]2O)c(=O)[nH]c1=O. The van der Waals surface area contributed by atoms with Crippen molar-refractivity contribution in [3.63, 3.8) is 0 Å². The Bertz CT molecular complexity index is 1240. The molecule has 1 aliphatic heterocycles. The number of amides is 1. The minimum atomic E-state index is -0.894. The summed E-state index contributed by atoms with van der Waals surface area (Å²) in [5.41, 5.74) is 1.03. The van der Waals surface area contributed by atoms with Gasteiger partial charge in [0.25, 0.3) is 5.56 Å². The van der Waals surface area contributed by atoms with Crippen molar-refractivity contribution in [3.05, 3.63) is 61.6 Å². The molecule has 1 aromatic carbocycles. The van der Waals surface area contributed by atoms with E-state index < -0.39 is 23.4 Å². The van der Waals surface area contributed by atoms with Crippen molar-refractivity contribution in [2.45, 2.75) is 31.9 Å². The van der Waals surface area contributed by atoms with Crippen LogP contribution in [0.5, 0.6) is 0 Å². The van der Waals surface area contributed by atoms with E-state index in [1.807, 2.05) is 17.7 Å².